The van der Waals surface area contributed by atoms with E-state index in [4.69, 9.17) is 4.42 Å². The molecule has 0 fully saturated rings. The fraction of sp³-hybridized carbons (Fsp3) is 0.222. The van der Waals surface area contributed by atoms with Crippen LogP contribution in [0.5, 0.6) is 0 Å². The first-order chi connectivity index (χ1) is 12.5. The lowest BCUT2D eigenvalue weighted by molar-refractivity contribution is 0.116. The summed E-state index contributed by atoms with van der Waals surface area (Å²) in [4.78, 5) is 8.80. The van der Waals surface area contributed by atoms with Crippen molar-refractivity contribution in [3.8, 4) is 11.5 Å². The van der Waals surface area contributed by atoms with Gasteiger partial charge >= 0.3 is 6.43 Å². The number of hydrogen-bond donors (Lipinski definition) is 0. The average molecular weight is 355 g/mol. The second-order valence-electron chi connectivity index (χ2n) is 6.08. The molecule has 0 bridgehead atoms. The van der Waals surface area contributed by atoms with Crippen LogP contribution in [0.2, 0.25) is 0 Å². The minimum Gasteiger partial charge on any atom is -0.415 e. The van der Waals surface area contributed by atoms with Crippen LogP contribution < -0.4 is 0 Å². The Morgan fingerprint density at radius 2 is 1.88 bits per heavy atom. The molecular formula is C18H15F2N5O. The van der Waals surface area contributed by atoms with Crippen LogP contribution in [0.4, 0.5) is 8.78 Å². The molecule has 0 unspecified atom stereocenters. The molecule has 0 amide bonds. The van der Waals surface area contributed by atoms with Crippen molar-refractivity contribution >= 4 is 11.0 Å². The Balaban J connectivity index is 1.58. The molecule has 8 heteroatoms. The van der Waals surface area contributed by atoms with Crippen molar-refractivity contribution in [2.75, 3.05) is 0 Å². The fourth-order valence-electron chi connectivity index (χ4n) is 2.70. The maximum atomic E-state index is 12.5. The first-order valence-corrected chi connectivity index (χ1v) is 8.00. The van der Waals surface area contributed by atoms with Crippen molar-refractivity contribution < 1.29 is 13.2 Å². The molecule has 0 saturated carbocycles. The fourth-order valence-corrected chi connectivity index (χ4v) is 2.70. The zero-order valence-corrected chi connectivity index (χ0v) is 14.1. The normalized spacial score (nSPS) is 11.6. The summed E-state index contributed by atoms with van der Waals surface area (Å²) in [7, 11) is 0. The van der Waals surface area contributed by atoms with Gasteiger partial charge in [0.25, 0.3) is 5.89 Å². The molecule has 0 N–H and O–H groups in total. The van der Waals surface area contributed by atoms with E-state index in [9.17, 15) is 8.78 Å². The van der Waals surface area contributed by atoms with Gasteiger partial charge in [-0.2, -0.15) is 8.78 Å². The van der Waals surface area contributed by atoms with Gasteiger partial charge in [-0.1, -0.05) is 0 Å². The predicted octanol–water partition coefficient (Wildman–Crippen LogP) is 4.08. The van der Waals surface area contributed by atoms with Crippen molar-refractivity contribution in [1.82, 2.24) is 24.7 Å². The molecule has 0 aliphatic rings. The maximum absolute atomic E-state index is 12.5. The lowest BCUT2D eigenvalue weighted by Crippen LogP contribution is -2.00. The van der Waals surface area contributed by atoms with Crippen molar-refractivity contribution in [3.63, 3.8) is 0 Å². The number of imidazole rings is 1. The summed E-state index contributed by atoms with van der Waals surface area (Å²) in [5.74, 6) is -0.668. The molecule has 0 saturated heterocycles. The van der Waals surface area contributed by atoms with E-state index in [0.717, 1.165) is 16.7 Å². The number of nitrogens with zero attached hydrogens (tertiary/aromatic N) is 5. The number of halogens is 2. The number of aryl methyl sites for hydroxylation is 2. The molecule has 4 rings (SSSR count). The zero-order chi connectivity index (χ0) is 18.3. The Kier molecular flexibility index (Phi) is 3.95. The first kappa shape index (κ1) is 16.3. The van der Waals surface area contributed by atoms with Gasteiger partial charge in [0.15, 0.2) is 0 Å². The average Bonchev–Trinajstić information content (AvgIpc) is 3.25. The lowest BCUT2D eigenvalue weighted by atomic mass is 10.1. The van der Waals surface area contributed by atoms with Gasteiger partial charge in [0.05, 0.1) is 35.2 Å². The van der Waals surface area contributed by atoms with Gasteiger partial charge in [-0.05, 0) is 49.2 Å². The van der Waals surface area contributed by atoms with Gasteiger partial charge < -0.3 is 8.98 Å². The van der Waals surface area contributed by atoms with Crippen molar-refractivity contribution in [3.05, 3.63) is 59.5 Å². The molecule has 6 nitrogen and oxygen atoms in total. The van der Waals surface area contributed by atoms with E-state index in [1.165, 1.54) is 17.3 Å². The van der Waals surface area contributed by atoms with Gasteiger partial charge in [0.1, 0.15) is 0 Å². The second-order valence-corrected chi connectivity index (χ2v) is 6.08. The molecule has 1 aromatic carbocycles. The highest BCUT2D eigenvalue weighted by molar-refractivity contribution is 5.77. The minimum atomic E-state index is -2.79. The van der Waals surface area contributed by atoms with Gasteiger partial charge in [-0.3, -0.25) is 4.98 Å². The van der Waals surface area contributed by atoms with Crippen LogP contribution in [0.25, 0.3) is 22.5 Å². The Hall–Kier alpha value is -3.16. The highest BCUT2D eigenvalue weighted by atomic mass is 19.3. The lowest BCUT2D eigenvalue weighted by Gasteiger charge is -2.06. The number of rotatable bonds is 4. The van der Waals surface area contributed by atoms with E-state index in [1.54, 1.807) is 18.5 Å². The maximum Gasteiger partial charge on any atom is 0.314 e. The number of hydrogen-bond acceptors (Lipinski definition) is 5. The molecule has 3 aromatic heterocycles. The quantitative estimate of drug-likeness (QED) is 0.552. The smallest absolute Gasteiger partial charge is 0.314 e. The summed E-state index contributed by atoms with van der Waals surface area (Å²) in [6.07, 6.45) is 0.531. The number of alkyl halides is 2. The van der Waals surface area contributed by atoms with Crippen LogP contribution in [0.15, 0.2) is 41.2 Å². The second kappa shape index (κ2) is 6.29. The molecule has 0 spiro atoms. The molecule has 26 heavy (non-hydrogen) atoms. The standard InChI is InChI=1S/C18H15F2N5O/c1-10-5-14-15(6-11(10)2)25(9-22-14)8-13-4-3-12(7-21-13)17-23-24-18(26-17)16(19)20/h3-7,9,16H,8H2,1-2H3. The zero-order valence-electron chi connectivity index (χ0n) is 14.1. The topological polar surface area (TPSA) is 69.6 Å². The van der Waals surface area contributed by atoms with E-state index in [0.29, 0.717) is 12.1 Å². The predicted molar refractivity (Wildman–Crippen MR) is 90.8 cm³/mol. The summed E-state index contributed by atoms with van der Waals surface area (Å²) in [5, 5.41) is 6.94. The highest BCUT2D eigenvalue weighted by Crippen LogP contribution is 2.23. The number of benzene rings is 1. The molecule has 3 heterocycles. The molecule has 0 aliphatic carbocycles. The summed E-state index contributed by atoms with van der Waals surface area (Å²) in [6, 6.07) is 7.69. The van der Waals surface area contributed by atoms with Crippen LogP contribution in [-0.4, -0.2) is 24.7 Å². The Morgan fingerprint density at radius 1 is 1.08 bits per heavy atom. The highest BCUT2D eigenvalue weighted by Gasteiger charge is 2.17. The third kappa shape index (κ3) is 2.94. The van der Waals surface area contributed by atoms with Crippen LogP contribution in [-0.2, 0) is 6.54 Å². The number of aromatic nitrogens is 5. The van der Waals surface area contributed by atoms with E-state index in [-0.39, 0.29) is 5.89 Å². The molecule has 132 valence electrons. The van der Waals surface area contributed by atoms with Crippen LogP contribution >= 0.6 is 0 Å². The van der Waals surface area contributed by atoms with E-state index in [1.807, 2.05) is 4.57 Å². The van der Waals surface area contributed by atoms with Gasteiger partial charge in [-0.25, -0.2) is 4.98 Å². The minimum absolute atomic E-state index is 0.0264. The Morgan fingerprint density at radius 3 is 2.58 bits per heavy atom. The molecule has 0 radical (unpaired) electrons. The van der Waals surface area contributed by atoms with Crippen LogP contribution in [0, 0.1) is 13.8 Å². The molecule has 0 atom stereocenters. The Labute approximate surface area is 147 Å². The van der Waals surface area contributed by atoms with Gasteiger partial charge in [-0.15, -0.1) is 10.2 Å². The first-order valence-electron chi connectivity index (χ1n) is 8.00. The summed E-state index contributed by atoms with van der Waals surface area (Å²) in [5.41, 5.74) is 5.68. The number of pyridine rings is 1. The van der Waals surface area contributed by atoms with E-state index in [2.05, 4.69) is 46.1 Å². The third-order valence-corrected chi connectivity index (χ3v) is 4.27. The van der Waals surface area contributed by atoms with Crippen molar-refractivity contribution in [1.29, 1.82) is 0 Å². The summed E-state index contributed by atoms with van der Waals surface area (Å²) < 4.78 is 32.0. The van der Waals surface area contributed by atoms with Gasteiger partial charge in [0.2, 0.25) is 5.89 Å². The molecule has 4 aromatic rings. The number of fused-ring (bicyclic) bond motifs is 1. The summed E-state index contributed by atoms with van der Waals surface area (Å²) >= 11 is 0. The van der Waals surface area contributed by atoms with Crippen LogP contribution in [0.3, 0.4) is 0 Å². The Bertz CT molecular complexity index is 1070. The van der Waals surface area contributed by atoms with E-state index < -0.39 is 12.3 Å². The van der Waals surface area contributed by atoms with Gasteiger partial charge in [0, 0.05) is 6.20 Å². The largest absolute Gasteiger partial charge is 0.415 e. The van der Waals surface area contributed by atoms with Crippen molar-refractivity contribution in [2.24, 2.45) is 0 Å². The molecular weight excluding hydrogens is 340 g/mol. The van der Waals surface area contributed by atoms with E-state index >= 15 is 0 Å². The van der Waals surface area contributed by atoms with Crippen LogP contribution in [0.1, 0.15) is 29.1 Å². The molecule has 0 aliphatic heterocycles. The van der Waals surface area contributed by atoms with Crippen molar-refractivity contribution in [2.45, 2.75) is 26.8 Å². The monoisotopic (exact) mass is 355 g/mol. The SMILES string of the molecule is Cc1cc2ncn(Cc3ccc(-c4nnc(C(F)F)o4)cn3)c2cc1C. The summed E-state index contributed by atoms with van der Waals surface area (Å²) in [6.45, 7) is 4.67. The third-order valence-electron chi connectivity index (χ3n) is 4.27.